The maximum Gasteiger partial charge on any atom is 0.411 e. The van der Waals surface area contributed by atoms with Gasteiger partial charge in [-0.3, -0.25) is 0 Å². The SMILES string of the molecule is CC(C)c1nc(-c2ccnc(OC(N)=O)c2)no1. The van der Waals surface area contributed by atoms with Crippen molar-refractivity contribution in [2.24, 2.45) is 5.73 Å². The molecule has 0 saturated heterocycles. The molecule has 0 bridgehead atoms. The van der Waals surface area contributed by atoms with Crippen LogP contribution >= 0.6 is 0 Å². The number of ether oxygens (including phenoxy) is 1. The number of carbonyl (C=O) groups excluding carboxylic acids is 1. The van der Waals surface area contributed by atoms with Gasteiger partial charge < -0.3 is 15.0 Å². The van der Waals surface area contributed by atoms with Gasteiger partial charge in [-0.15, -0.1) is 0 Å². The molecule has 7 heteroatoms. The van der Waals surface area contributed by atoms with Crippen LogP contribution < -0.4 is 10.5 Å². The Kier molecular flexibility index (Phi) is 3.22. The molecule has 0 atom stereocenters. The third-order valence-corrected chi connectivity index (χ3v) is 2.13. The van der Waals surface area contributed by atoms with E-state index in [4.69, 9.17) is 10.3 Å². The van der Waals surface area contributed by atoms with Gasteiger partial charge in [-0.25, -0.2) is 9.78 Å². The zero-order valence-electron chi connectivity index (χ0n) is 9.95. The molecule has 2 rings (SSSR count). The van der Waals surface area contributed by atoms with Crippen molar-refractivity contribution in [3.63, 3.8) is 0 Å². The molecule has 7 nitrogen and oxygen atoms in total. The quantitative estimate of drug-likeness (QED) is 0.886. The number of carbonyl (C=O) groups is 1. The lowest BCUT2D eigenvalue weighted by molar-refractivity contribution is 0.209. The molecular weight excluding hydrogens is 236 g/mol. The van der Waals surface area contributed by atoms with Gasteiger partial charge in [0.2, 0.25) is 17.6 Å². The van der Waals surface area contributed by atoms with Gasteiger partial charge in [0.05, 0.1) is 0 Å². The highest BCUT2D eigenvalue weighted by Crippen LogP contribution is 2.21. The fourth-order valence-corrected chi connectivity index (χ4v) is 1.29. The Bertz CT molecular complexity index is 565. The molecule has 2 N–H and O–H groups in total. The predicted octanol–water partition coefficient (Wildman–Crippen LogP) is 1.71. The van der Waals surface area contributed by atoms with E-state index in [2.05, 4.69) is 19.9 Å². The van der Waals surface area contributed by atoms with Crippen molar-refractivity contribution in [2.45, 2.75) is 19.8 Å². The largest absolute Gasteiger partial charge is 0.411 e. The molecule has 0 radical (unpaired) electrons. The zero-order valence-corrected chi connectivity index (χ0v) is 9.95. The molecule has 94 valence electrons. The average molecular weight is 248 g/mol. The van der Waals surface area contributed by atoms with Crippen LogP contribution in [-0.2, 0) is 0 Å². The van der Waals surface area contributed by atoms with Gasteiger partial charge in [-0.05, 0) is 6.07 Å². The summed E-state index contributed by atoms with van der Waals surface area (Å²) in [6.07, 6.45) is 0.551. The summed E-state index contributed by atoms with van der Waals surface area (Å²) in [6.45, 7) is 3.90. The van der Waals surface area contributed by atoms with Crippen LogP contribution in [0.5, 0.6) is 5.88 Å². The first-order valence-corrected chi connectivity index (χ1v) is 5.33. The second-order valence-electron chi connectivity index (χ2n) is 3.91. The van der Waals surface area contributed by atoms with E-state index in [-0.39, 0.29) is 11.8 Å². The van der Waals surface area contributed by atoms with Crippen LogP contribution in [0.15, 0.2) is 22.9 Å². The average Bonchev–Trinajstić information content (AvgIpc) is 2.77. The van der Waals surface area contributed by atoms with E-state index >= 15 is 0 Å². The van der Waals surface area contributed by atoms with Crippen LogP contribution in [0.4, 0.5) is 4.79 Å². The summed E-state index contributed by atoms with van der Waals surface area (Å²) in [7, 11) is 0. The van der Waals surface area contributed by atoms with Gasteiger partial charge in [0.25, 0.3) is 0 Å². The van der Waals surface area contributed by atoms with Crippen molar-refractivity contribution in [1.82, 2.24) is 15.1 Å². The molecule has 18 heavy (non-hydrogen) atoms. The molecular formula is C11H12N4O3. The first-order chi connectivity index (χ1) is 8.56. The molecule has 0 aliphatic heterocycles. The smallest absolute Gasteiger partial charge is 0.391 e. The summed E-state index contributed by atoms with van der Waals surface area (Å²) in [4.78, 5) is 18.7. The Hall–Kier alpha value is -2.44. The number of pyridine rings is 1. The van der Waals surface area contributed by atoms with Crippen molar-refractivity contribution in [3.05, 3.63) is 24.2 Å². The second kappa shape index (κ2) is 4.82. The number of nitrogens with zero attached hydrogens (tertiary/aromatic N) is 3. The summed E-state index contributed by atoms with van der Waals surface area (Å²) in [5, 5.41) is 3.84. The summed E-state index contributed by atoms with van der Waals surface area (Å²) >= 11 is 0. The summed E-state index contributed by atoms with van der Waals surface area (Å²) in [5.74, 6) is 1.19. The van der Waals surface area contributed by atoms with E-state index in [1.54, 1.807) is 6.07 Å². The van der Waals surface area contributed by atoms with Crippen LogP contribution in [-0.4, -0.2) is 21.2 Å². The molecule has 0 aliphatic rings. The van der Waals surface area contributed by atoms with E-state index in [0.29, 0.717) is 17.3 Å². The third-order valence-electron chi connectivity index (χ3n) is 2.13. The standard InChI is InChI=1S/C11H12N4O3/c1-6(2)10-14-9(15-18-10)7-3-4-13-8(5-7)17-11(12)16/h3-6H,1-2H3,(H2,12,16). The minimum Gasteiger partial charge on any atom is -0.391 e. The van der Waals surface area contributed by atoms with E-state index in [1.165, 1.54) is 12.3 Å². The molecule has 2 aromatic heterocycles. The molecule has 0 saturated carbocycles. The summed E-state index contributed by atoms with van der Waals surface area (Å²) in [6, 6.07) is 3.20. The zero-order chi connectivity index (χ0) is 13.1. The van der Waals surface area contributed by atoms with Gasteiger partial charge in [0, 0.05) is 23.7 Å². The number of aromatic nitrogens is 3. The Morgan fingerprint density at radius 3 is 2.89 bits per heavy atom. The Morgan fingerprint density at radius 2 is 2.28 bits per heavy atom. The van der Waals surface area contributed by atoms with Crippen molar-refractivity contribution in [1.29, 1.82) is 0 Å². The summed E-state index contributed by atoms with van der Waals surface area (Å²) < 4.78 is 9.76. The molecule has 2 aromatic rings. The lowest BCUT2D eigenvalue weighted by Crippen LogP contribution is -2.16. The maximum atomic E-state index is 10.6. The highest BCUT2D eigenvalue weighted by Gasteiger charge is 2.12. The van der Waals surface area contributed by atoms with Crippen LogP contribution in [0.25, 0.3) is 11.4 Å². The first-order valence-electron chi connectivity index (χ1n) is 5.33. The minimum absolute atomic E-state index is 0.0934. The lowest BCUT2D eigenvalue weighted by Gasteiger charge is -2.00. The van der Waals surface area contributed by atoms with Crippen LogP contribution in [0, 0.1) is 0 Å². The van der Waals surface area contributed by atoms with Gasteiger partial charge in [0.1, 0.15) is 0 Å². The predicted molar refractivity (Wildman–Crippen MR) is 61.8 cm³/mol. The number of hydrogen-bond acceptors (Lipinski definition) is 6. The molecule has 0 unspecified atom stereocenters. The Balaban J connectivity index is 2.29. The summed E-state index contributed by atoms with van der Waals surface area (Å²) in [5.41, 5.74) is 5.54. The minimum atomic E-state index is -0.921. The number of primary amides is 1. The Labute approximate surface area is 103 Å². The topological polar surface area (TPSA) is 104 Å². The van der Waals surface area contributed by atoms with Gasteiger partial charge in [0.15, 0.2) is 0 Å². The van der Waals surface area contributed by atoms with Crippen molar-refractivity contribution < 1.29 is 14.1 Å². The monoisotopic (exact) mass is 248 g/mol. The van der Waals surface area contributed by atoms with Gasteiger partial charge in [-0.1, -0.05) is 19.0 Å². The van der Waals surface area contributed by atoms with Crippen molar-refractivity contribution in [3.8, 4) is 17.3 Å². The molecule has 0 spiro atoms. The van der Waals surface area contributed by atoms with E-state index < -0.39 is 6.09 Å². The number of amides is 1. The number of nitrogens with two attached hydrogens (primary N) is 1. The number of hydrogen-bond donors (Lipinski definition) is 1. The second-order valence-corrected chi connectivity index (χ2v) is 3.91. The molecule has 2 heterocycles. The van der Waals surface area contributed by atoms with Crippen LogP contribution in [0.1, 0.15) is 25.7 Å². The van der Waals surface area contributed by atoms with Crippen LogP contribution in [0.2, 0.25) is 0 Å². The third kappa shape index (κ3) is 2.62. The fourth-order valence-electron chi connectivity index (χ4n) is 1.29. The van der Waals surface area contributed by atoms with Crippen molar-refractivity contribution in [2.75, 3.05) is 0 Å². The maximum absolute atomic E-state index is 10.6. The van der Waals surface area contributed by atoms with E-state index in [9.17, 15) is 4.79 Å². The molecule has 0 aromatic carbocycles. The first kappa shape index (κ1) is 12.0. The highest BCUT2D eigenvalue weighted by atomic mass is 16.6. The van der Waals surface area contributed by atoms with Crippen LogP contribution in [0.3, 0.4) is 0 Å². The van der Waals surface area contributed by atoms with Crippen molar-refractivity contribution >= 4 is 6.09 Å². The highest BCUT2D eigenvalue weighted by molar-refractivity contribution is 5.68. The van der Waals surface area contributed by atoms with E-state index in [1.807, 2.05) is 13.8 Å². The Morgan fingerprint density at radius 1 is 1.50 bits per heavy atom. The molecule has 0 fully saturated rings. The normalized spacial score (nSPS) is 10.6. The fraction of sp³-hybridized carbons (Fsp3) is 0.273. The van der Waals surface area contributed by atoms with Gasteiger partial charge in [-0.2, -0.15) is 4.98 Å². The lowest BCUT2D eigenvalue weighted by atomic mass is 10.2. The molecule has 0 aliphatic carbocycles. The van der Waals surface area contributed by atoms with Gasteiger partial charge >= 0.3 is 6.09 Å². The molecule has 1 amide bonds. The number of rotatable bonds is 3. The van der Waals surface area contributed by atoms with E-state index in [0.717, 1.165) is 0 Å².